The summed E-state index contributed by atoms with van der Waals surface area (Å²) < 4.78 is 0. The summed E-state index contributed by atoms with van der Waals surface area (Å²) in [6.45, 7) is 6.34. The Labute approximate surface area is 170 Å². The van der Waals surface area contributed by atoms with Crippen LogP contribution in [-0.2, 0) is 5.41 Å². The monoisotopic (exact) mass is 393 g/mol. The molecule has 0 bridgehead atoms. The first kappa shape index (κ1) is 17.9. The summed E-state index contributed by atoms with van der Waals surface area (Å²) in [5.41, 5.74) is 3.22. The van der Waals surface area contributed by atoms with Crippen molar-refractivity contribution in [3.05, 3.63) is 53.3 Å². The Bertz CT molecular complexity index is 1110. The average molecular weight is 394 g/mol. The van der Waals surface area contributed by atoms with Gasteiger partial charge in [-0.1, -0.05) is 18.5 Å². The molecule has 0 radical (unpaired) electrons. The third-order valence-electron chi connectivity index (χ3n) is 7.11. The number of nitrogens with one attached hydrogen (secondary N) is 1. The second kappa shape index (κ2) is 5.68. The maximum absolute atomic E-state index is 11.7. The highest BCUT2D eigenvalue weighted by molar-refractivity contribution is 6.34. The van der Waals surface area contributed by atoms with Gasteiger partial charge in [-0.15, -0.1) is 0 Å². The maximum Gasteiger partial charge on any atom is 0.159 e. The summed E-state index contributed by atoms with van der Waals surface area (Å²) in [4.78, 5) is 8.76. The fourth-order valence-corrected chi connectivity index (χ4v) is 5.78. The number of hydrogen-bond acceptors (Lipinski definition) is 4. The Kier molecular flexibility index (Phi) is 3.63. The molecule has 2 aliphatic rings. The number of hydrogen-bond donors (Lipinski definition) is 2. The minimum absolute atomic E-state index is 0.349. The number of pyridine rings is 2. The molecule has 0 amide bonds. The molecule has 2 N–H and O–H groups in total. The molecule has 1 aromatic carbocycles. The second-order valence-corrected chi connectivity index (χ2v) is 9.32. The zero-order valence-corrected chi connectivity index (χ0v) is 17.1. The molecule has 0 spiro atoms. The molecule has 0 saturated heterocycles. The predicted molar refractivity (Wildman–Crippen MR) is 114 cm³/mol. The molecule has 2 unspecified atom stereocenters. The predicted octanol–water partition coefficient (Wildman–Crippen LogP) is 5.33. The zero-order chi connectivity index (χ0) is 19.7. The van der Waals surface area contributed by atoms with Crippen molar-refractivity contribution in [3.8, 4) is 11.1 Å². The third kappa shape index (κ3) is 2.16. The molecule has 5 heteroatoms. The lowest BCUT2D eigenvalue weighted by atomic mass is 9.60. The molecule has 3 heterocycles. The van der Waals surface area contributed by atoms with E-state index in [1.165, 1.54) is 0 Å². The van der Waals surface area contributed by atoms with E-state index in [2.05, 4.69) is 42.1 Å². The Morgan fingerprint density at radius 3 is 2.68 bits per heavy atom. The van der Waals surface area contributed by atoms with Gasteiger partial charge in [-0.3, -0.25) is 0 Å². The highest BCUT2D eigenvalue weighted by Gasteiger charge is 2.63. The summed E-state index contributed by atoms with van der Waals surface area (Å²) in [6.07, 6.45) is 6.27. The standard InChI is InChI=1S/C23H24ClN3O/c1-21(2)23(28)9-5-8-22(23,3)17-12-14(13-18(24)19(17)27-21)15-7-11-26-20-16(15)6-4-10-25-20/h4,6-7,10-13,27-28H,5,8-9H2,1-3H3. The van der Waals surface area contributed by atoms with Gasteiger partial charge < -0.3 is 10.4 Å². The van der Waals surface area contributed by atoms with E-state index in [9.17, 15) is 5.11 Å². The van der Waals surface area contributed by atoms with E-state index in [4.69, 9.17) is 11.6 Å². The quantitative estimate of drug-likeness (QED) is 0.586. The first-order chi connectivity index (χ1) is 13.3. The minimum atomic E-state index is -0.823. The number of nitrogens with zero attached hydrogens (tertiary/aromatic N) is 2. The number of aromatic nitrogens is 2. The van der Waals surface area contributed by atoms with Crippen molar-refractivity contribution in [2.75, 3.05) is 5.32 Å². The van der Waals surface area contributed by atoms with Crippen LogP contribution in [0, 0.1) is 0 Å². The number of benzene rings is 1. The number of anilines is 1. The van der Waals surface area contributed by atoms with Gasteiger partial charge in [0, 0.05) is 23.2 Å². The van der Waals surface area contributed by atoms with Crippen molar-refractivity contribution in [2.45, 2.75) is 56.6 Å². The van der Waals surface area contributed by atoms with E-state index >= 15 is 0 Å². The van der Waals surface area contributed by atoms with Crippen LogP contribution in [0.15, 0.2) is 42.7 Å². The summed E-state index contributed by atoms with van der Waals surface area (Å²) >= 11 is 6.80. The molecular formula is C23H24ClN3O. The molecule has 4 nitrogen and oxygen atoms in total. The molecule has 28 heavy (non-hydrogen) atoms. The van der Waals surface area contributed by atoms with E-state index in [-0.39, 0.29) is 5.41 Å². The van der Waals surface area contributed by atoms with Gasteiger partial charge in [-0.05, 0) is 80.1 Å². The molecule has 1 aliphatic heterocycles. The molecule has 2 atom stereocenters. The van der Waals surface area contributed by atoms with E-state index in [0.29, 0.717) is 5.02 Å². The van der Waals surface area contributed by atoms with Crippen molar-refractivity contribution < 1.29 is 5.11 Å². The topological polar surface area (TPSA) is 58.0 Å². The summed E-state index contributed by atoms with van der Waals surface area (Å²) in [5.74, 6) is 0. The normalized spacial score (nSPS) is 27.9. The largest absolute Gasteiger partial charge is 0.387 e. The summed E-state index contributed by atoms with van der Waals surface area (Å²) in [7, 11) is 0. The SMILES string of the molecule is CC1(C)Nc2c(Cl)cc(-c3ccnc4ncccc34)cc2C2(C)CCCC12O. The van der Waals surface area contributed by atoms with Crippen molar-refractivity contribution in [2.24, 2.45) is 0 Å². The molecule has 144 valence electrons. The van der Waals surface area contributed by atoms with Gasteiger partial charge in [0.1, 0.15) is 0 Å². The lowest BCUT2D eigenvalue weighted by Gasteiger charge is -2.55. The molecule has 1 aliphatic carbocycles. The number of halogens is 1. The number of fused-ring (bicyclic) bond motifs is 4. The number of aliphatic hydroxyl groups is 1. The van der Waals surface area contributed by atoms with Gasteiger partial charge in [0.25, 0.3) is 0 Å². The van der Waals surface area contributed by atoms with Gasteiger partial charge in [-0.2, -0.15) is 0 Å². The van der Waals surface area contributed by atoms with Gasteiger partial charge in [0.05, 0.1) is 21.8 Å². The fraction of sp³-hybridized carbons (Fsp3) is 0.391. The van der Waals surface area contributed by atoms with E-state index in [1.807, 2.05) is 24.3 Å². The lowest BCUT2D eigenvalue weighted by Crippen LogP contribution is -2.65. The van der Waals surface area contributed by atoms with Crippen molar-refractivity contribution in [3.63, 3.8) is 0 Å². The minimum Gasteiger partial charge on any atom is -0.387 e. The molecule has 1 saturated carbocycles. The van der Waals surface area contributed by atoms with Crippen LogP contribution in [0.4, 0.5) is 5.69 Å². The van der Waals surface area contributed by atoms with Crippen LogP contribution in [0.5, 0.6) is 0 Å². The number of rotatable bonds is 1. The summed E-state index contributed by atoms with van der Waals surface area (Å²) in [6, 6.07) is 10.2. The Morgan fingerprint density at radius 1 is 1.07 bits per heavy atom. The van der Waals surface area contributed by atoms with E-state index in [0.717, 1.165) is 52.7 Å². The average Bonchev–Trinajstić information content (AvgIpc) is 3.00. The van der Waals surface area contributed by atoms with Gasteiger partial charge in [0.15, 0.2) is 5.65 Å². The second-order valence-electron chi connectivity index (χ2n) is 8.91. The van der Waals surface area contributed by atoms with Crippen LogP contribution in [0.2, 0.25) is 5.02 Å². The Hall–Kier alpha value is -2.17. The highest BCUT2D eigenvalue weighted by Crippen LogP contribution is 2.60. The first-order valence-electron chi connectivity index (χ1n) is 9.82. The third-order valence-corrected chi connectivity index (χ3v) is 7.41. The highest BCUT2D eigenvalue weighted by atomic mass is 35.5. The van der Waals surface area contributed by atoms with Crippen LogP contribution >= 0.6 is 11.6 Å². The molecule has 1 fully saturated rings. The van der Waals surface area contributed by atoms with Gasteiger partial charge in [0.2, 0.25) is 0 Å². The van der Waals surface area contributed by atoms with Crippen LogP contribution in [0.25, 0.3) is 22.2 Å². The molecule has 2 aromatic heterocycles. The van der Waals surface area contributed by atoms with Crippen LogP contribution in [0.3, 0.4) is 0 Å². The smallest absolute Gasteiger partial charge is 0.159 e. The van der Waals surface area contributed by atoms with Gasteiger partial charge >= 0.3 is 0 Å². The van der Waals surface area contributed by atoms with Crippen molar-refractivity contribution >= 4 is 28.3 Å². The van der Waals surface area contributed by atoms with Crippen LogP contribution in [0.1, 0.15) is 45.6 Å². The van der Waals surface area contributed by atoms with E-state index < -0.39 is 11.1 Å². The summed E-state index contributed by atoms with van der Waals surface area (Å²) in [5, 5.41) is 17.0. The van der Waals surface area contributed by atoms with E-state index in [1.54, 1.807) is 12.4 Å². The Balaban J connectivity index is 1.78. The Morgan fingerprint density at radius 2 is 1.86 bits per heavy atom. The van der Waals surface area contributed by atoms with Crippen LogP contribution < -0.4 is 5.32 Å². The van der Waals surface area contributed by atoms with Crippen molar-refractivity contribution in [1.29, 1.82) is 0 Å². The van der Waals surface area contributed by atoms with Crippen molar-refractivity contribution in [1.82, 2.24) is 9.97 Å². The zero-order valence-electron chi connectivity index (χ0n) is 16.4. The molecule has 3 aromatic rings. The van der Waals surface area contributed by atoms with Crippen LogP contribution in [-0.4, -0.2) is 26.2 Å². The first-order valence-corrected chi connectivity index (χ1v) is 10.2. The molecule has 5 rings (SSSR count). The molecular weight excluding hydrogens is 370 g/mol. The van der Waals surface area contributed by atoms with Gasteiger partial charge in [-0.25, -0.2) is 9.97 Å². The lowest BCUT2D eigenvalue weighted by molar-refractivity contribution is -0.0628. The maximum atomic E-state index is 11.7. The fourth-order valence-electron chi connectivity index (χ4n) is 5.51.